The van der Waals surface area contributed by atoms with Crippen molar-refractivity contribution in [2.24, 2.45) is 5.92 Å². The van der Waals surface area contributed by atoms with Gasteiger partial charge in [-0.1, -0.05) is 55.7 Å². The number of fused-ring (bicyclic) bond motifs is 2. The second-order valence-electron chi connectivity index (χ2n) is 9.85. The zero-order valence-electron chi connectivity index (χ0n) is 21.7. The van der Waals surface area contributed by atoms with E-state index < -0.39 is 0 Å². The van der Waals surface area contributed by atoms with Crippen LogP contribution in [0.2, 0.25) is 0 Å². The molecule has 7 nitrogen and oxygen atoms in total. The van der Waals surface area contributed by atoms with Gasteiger partial charge in [-0.15, -0.1) is 5.10 Å². The molecule has 0 saturated heterocycles. The van der Waals surface area contributed by atoms with Gasteiger partial charge in [0.05, 0.1) is 25.8 Å². The number of imidazole rings is 1. The van der Waals surface area contributed by atoms with Gasteiger partial charge >= 0.3 is 0 Å². The van der Waals surface area contributed by atoms with Crippen molar-refractivity contribution in [2.75, 3.05) is 14.2 Å². The number of allylic oxidation sites excluding steroid dienone is 1. The standard InChI is InChI=1S/C30H31N3O4S/c1-19(22-10-5-4-6-11-22)12-20-8-7-9-21(13-20)18-36-26-14-23(34-2)15-27-24(26)16-28(37-27)25-17-33-29(31-25)38-30(32-33)35-3/h7-9,13-17,22H,1,4-6,10-12,18H2,2-3H3. The third kappa shape index (κ3) is 5.00. The normalized spacial score (nSPS) is 14.3. The minimum atomic E-state index is 0.441. The Balaban J connectivity index is 1.22. The summed E-state index contributed by atoms with van der Waals surface area (Å²) in [4.78, 5) is 5.38. The van der Waals surface area contributed by atoms with Crippen LogP contribution in [0.1, 0.15) is 43.2 Å². The number of methoxy groups -OCH3 is 2. The first-order chi connectivity index (χ1) is 18.6. The van der Waals surface area contributed by atoms with Crippen molar-refractivity contribution in [1.82, 2.24) is 14.6 Å². The molecule has 196 valence electrons. The highest BCUT2D eigenvalue weighted by Gasteiger charge is 2.18. The number of furan rings is 1. The summed E-state index contributed by atoms with van der Waals surface area (Å²) < 4.78 is 24.9. The molecule has 6 rings (SSSR count). The molecule has 1 aliphatic rings. The van der Waals surface area contributed by atoms with Crippen molar-refractivity contribution in [2.45, 2.75) is 45.1 Å². The molecular formula is C30H31N3O4S. The number of hydrogen-bond donors (Lipinski definition) is 0. The summed E-state index contributed by atoms with van der Waals surface area (Å²) >= 11 is 1.37. The fourth-order valence-electron chi connectivity index (χ4n) is 5.24. The molecule has 0 radical (unpaired) electrons. The minimum absolute atomic E-state index is 0.441. The molecule has 0 spiro atoms. The van der Waals surface area contributed by atoms with Crippen LogP contribution in [0.3, 0.4) is 0 Å². The second-order valence-corrected chi connectivity index (χ2v) is 10.8. The van der Waals surface area contributed by atoms with E-state index in [4.69, 9.17) is 18.6 Å². The summed E-state index contributed by atoms with van der Waals surface area (Å²) in [5, 5.41) is 5.78. The van der Waals surface area contributed by atoms with Crippen LogP contribution in [-0.2, 0) is 13.0 Å². The van der Waals surface area contributed by atoms with Crippen LogP contribution in [0.4, 0.5) is 0 Å². The van der Waals surface area contributed by atoms with Gasteiger partial charge in [-0.05, 0) is 53.7 Å². The first-order valence-corrected chi connectivity index (χ1v) is 13.8. The number of nitrogens with zero attached hydrogens (tertiary/aromatic N) is 3. The zero-order chi connectivity index (χ0) is 26.1. The van der Waals surface area contributed by atoms with Crippen LogP contribution >= 0.6 is 11.3 Å². The Kier molecular flexibility index (Phi) is 6.81. The quantitative estimate of drug-likeness (QED) is 0.184. The summed E-state index contributed by atoms with van der Waals surface area (Å²) in [6, 6.07) is 14.3. The Morgan fingerprint density at radius 1 is 1.08 bits per heavy atom. The Labute approximate surface area is 225 Å². The number of rotatable bonds is 9. The number of ether oxygens (including phenoxy) is 3. The molecule has 0 unspecified atom stereocenters. The molecule has 1 saturated carbocycles. The van der Waals surface area contributed by atoms with Gasteiger partial charge in [0, 0.05) is 12.1 Å². The monoisotopic (exact) mass is 529 g/mol. The van der Waals surface area contributed by atoms with Crippen LogP contribution in [0.15, 0.2) is 65.2 Å². The average Bonchev–Trinajstić information content (AvgIpc) is 3.65. The number of benzene rings is 2. The second kappa shape index (κ2) is 10.5. The van der Waals surface area contributed by atoms with Gasteiger partial charge in [0.1, 0.15) is 29.4 Å². The molecular weight excluding hydrogens is 498 g/mol. The van der Waals surface area contributed by atoms with Crippen molar-refractivity contribution in [1.29, 1.82) is 0 Å². The van der Waals surface area contributed by atoms with Crippen molar-refractivity contribution < 1.29 is 18.6 Å². The van der Waals surface area contributed by atoms with E-state index in [-0.39, 0.29) is 0 Å². The zero-order valence-corrected chi connectivity index (χ0v) is 22.6. The molecule has 1 fully saturated rings. The van der Waals surface area contributed by atoms with Gasteiger partial charge in [-0.25, -0.2) is 9.50 Å². The van der Waals surface area contributed by atoms with Crippen molar-refractivity contribution in [3.05, 3.63) is 71.9 Å². The Bertz CT molecular complexity index is 1560. The lowest BCUT2D eigenvalue weighted by molar-refractivity contribution is 0.307. The molecule has 2 aromatic carbocycles. The topological polar surface area (TPSA) is 71.0 Å². The smallest absolute Gasteiger partial charge is 0.294 e. The predicted molar refractivity (Wildman–Crippen MR) is 149 cm³/mol. The molecule has 0 atom stereocenters. The summed E-state index contributed by atoms with van der Waals surface area (Å²) in [5.74, 6) is 2.67. The molecule has 5 aromatic rings. The third-order valence-corrected chi connectivity index (χ3v) is 8.14. The van der Waals surface area contributed by atoms with Crippen LogP contribution in [0, 0.1) is 5.92 Å². The molecule has 38 heavy (non-hydrogen) atoms. The molecule has 8 heteroatoms. The first kappa shape index (κ1) is 24.6. The lowest BCUT2D eigenvalue weighted by atomic mass is 9.82. The average molecular weight is 530 g/mol. The van der Waals surface area contributed by atoms with Gasteiger partial charge in [0.25, 0.3) is 5.19 Å². The van der Waals surface area contributed by atoms with E-state index in [1.54, 1.807) is 18.7 Å². The highest BCUT2D eigenvalue weighted by Crippen LogP contribution is 2.38. The van der Waals surface area contributed by atoms with E-state index in [0.29, 0.717) is 46.3 Å². The van der Waals surface area contributed by atoms with Gasteiger partial charge in [-0.2, -0.15) is 0 Å². The van der Waals surface area contributed by atoms with Gasteiger partial charge in [0.15, 0.2) is 5.76 Å². The summed E-state index contributed by atoms with van der Waals surface area (Å²) in [5.41, 5.74) is 5.13. The van der Waals surface area contributed by atoms with Crippen molar-refractivity contribution in [3.63, 3.8) is 0 Å². The molecule has 0 aliphatic heterocycles. The largest absolute Gasteiger partial charge is 0.496 e. The Morgan fingerprint density at radius 3 is 2.71 bits per heavy atom. The summed E-state index contributed by atoms with van der Waals surface area (Å²) in [7, 11) is 3.23. The predicted octanol–water partition coefficient (Wildman–Crippen LogP) is 7.48. The van der Waals surface area contributed by atoms with Crippen LogP contribution in [-0.4, -0.2) is 28.8 Å². The van der Waals surface area contributed by atoms with Crippen LogP contribution in [0.25, 0.3) is 27.4 Å². The highest BCUT2D eigenvalue weighted by molar-refractivity contribution is 7.18. The number of aromatic nitrogens is 3. The highest BCUT2D eigenvalue weighted by atomic mass is 32.1. The van der Waals surface area contributed by atoms with Crippen molar-refractivity contribution in [3.8, 4) is 28.1 Å². The van der Waals surface area contributed by atoms with E-state index in [9.17, 15) is 0 Å². The molecule has 0 N–H and O–H groups in total. The fraction of sp³-hybridized carbons (Fsp3) is 0.333. The SMILES string of the molecule is C=C(Cc1cccc(COc2cc(OC)cc3oc(-c4cn5nc(OC)sc5n4)cc23)c1)C1CCCCC1. The van der Waals surface area contributed by atoms with Crippen LogP contribution < -0.4 is 14.2 Å². The van der Waals surface area contributed by atoms with Crippen LogP contribution in [0.5, 0.6) is 16.7 Å². The maximum atomic E-state index is 6.33. The van der Waals surface area contributed by atoms with E-state index in [1.165, 1.54) is 54.6 Å². The minimum Gasteiger partial charge on any atom is -0.496 e. The van der Waals surface area contributed by atoms with Gasteiger partial charge < -0.3 is 18.6 Å². The van der Waals surface area contributed by atoms with Gasteiger partial charge in [0.2, 0.25) is 4.96 Å². The maximum Gasteiger partial charge on any atom is 0.294 e. The Morgan fingerprint density at radius 2 is 1.92 bits per heavy atom. The molecule has 0 bridgehead atoms. The first-order valence-electron chi connectivity index (χ1n) is 13.0. The molecule has 0 amide bonds. The Hall–Kier alpha value is -3.78. The van der Waals surface area contributed by atoms with E-state index in [0.717, 1.165) is 22.3 Å². The lowest BCUT2D eigenvalue weighted by Crippen LogP contribution is -2.10. The van der Waals surface area contributed by atoms with Crippen molar-refractivity contribution >= 4 is 27.3 Å². The van der Waals surface area contributed by atoms with Gasteiger partial charge in [-0.3, -0.25) is 0 Å². The lowest BCUT2D eigenvalue weighted by Gasteiger charge is -2.24. The molecule has 3 aromatic heterocycles. The fourth-order valence-corrected chi connectivity index (χ4v) is 5.94. The van der Waals surface area contributed by atoms with E-state index >= 15 is 0 Å². The summed E-state index contributed by atoms with van der Waals surface area (Å²) in [6.07, 6.45) is 9.33. The molecule has 1 aliphatic carbocycles. The third-order valence-electron chi connectivity index (χ3n) is 7.26. The molecule has 3 heterocycles. The van der Waals surface area contributed by atoms with E-state index in [1.807, 2.05) is 24.4 Å². The summed E-state index contributed by atoms with van der Waals surface area (Å²) in [6.45, 7) is 4.87. The van der Waals surface area contributed by atoms with E-state index in [2.05, 4.69) is 40.9 Å². The maximum absolute atomic E-state index is 6.33. The number of hydrogen-bond acceptors (Lipinski definition) is 7.